The van der Waals surface area contributed by atoms with Gasteiger partial charge in [0.15, 0.2) is 0 Å². The molecule has 8 heteroatoms. The Hall–Kier alpha value is -3.96. The van der Waals surface area contributed by atoms with Crippen LogP contribution >= 0.6 is 0 Å². The molecule has 2 aliphatic heterocycles. The van der Waals surface area contributed by atoms with Gasteiger partial charge in [-0.25, -0.2) is 4.79 Å². The van der Waals surface area contributed by atoms with Gasteiger partial charge in [-0.3, -0.25) is 14.5 Å². The highest BCUT2D eigenvalue weighted by atomic mass is 16.5. The molecule has 0 spiro atoms. The number of rotatable bonds is 4. The van der Waals surface area contributed by atoms with Gasteiger partial charge in [0.2, 0.25) is 0 Å². The van der Waals surface area contributed by atoms with Gasteiger partial charge >= 0.3 is 5.97 Å². The first kappa shape index (κ1) is 20.3. The number of carbonyl (C=O) groups excluding carboxylic acids is 3. The summed E-state index contributed by atoms with van der Waals surface area (Å²) in [5.41, 5.74) is 2.29. The van der Waals surface area contributed by atoms with Gasteiger partial charge in [0.25, 0.3) is 11.8 Å². The fourth-order valence-electron chi connectivity index (χ4n) is 3.57. The predicted octanol–water partition coefficient (Wildman–Crippen LogP) is 2.59. The van der Waals surface area contributed by atoms with Gasteiger partial charge in [-0.2, -0.15) is 5.26 Å². The minimum atomic E-state index is -0.932. The number of ether oxygens (including phenoxy) is 1. The molecule has 31 heavy (non-hydrogen) atoms. The summed E-state index contributed by atoms with van der Waals surface area (Å²) in [5, 5.41) is 19.0. The molecule has 1 atom stereocenters. The van der Waals surface area contributed by atoms with Crippen LogP contribution in [0.1, 0.15) is 35.5 Å². The minimum Gasteiger partial charge on any atom is -0.457 e. The Morgan fingerprint density at radius 3 is 2.71 bits per heavy atom. The van der Waals surface area contributed by atoms with Gasteiger partial charge in [-0.15, -0.1) is 0 Å². The summed E-state index contributed by atoms with van der Waals surface area (Å²) in [4.78, 5) is 37.8. The number of aliphatic hydroxyl groups excluding tert-OH is 1. The first-order valence-electron chi connectivity index (χ1n) is 9.57. The maximum Gasteiger partial charge on any atom is 0.338 e. The van der Waals surface area contributed by atoms with Crippen LogP contribution in [0.4, 0.5) is 0 Å². The number of imide groups is 1. The lowest BCUT2D eigenvalue weighted by Crippen LogP contribution is -2.45. The molecule has 1 N–H and O–H groups in total. The number of β-amino-alcohol motifs (C(OH)–C–C–N with tert-alkyl or cyclic N) is 1. The summed E-state index contributed by atoms with van der Waals surface area (Å²) in [7, 11) is 0. The molecule has 1 unspecified atom stereocenters. The normalized spacial score (nSPS) is 18.3. The van der Waals surface area contributed by atoms with Gasteiger partial charge in [-0.1, -0.05) is 6.07 Å². The van der Waals surface area contributed by atoms with Crippen LogP contribution in [0.5, 0.6) is 0 Å². The van der Waals surface area contributed by atoms with Crippen molar-refractivity contribution in [3.05, 3.63) is 63.9 Å². The van der Waals surface area contributed by atoms with Crippen LogP contribution in [-0.4, -0.2) is 40.4 Å². The molecule has 0 saturated carbocycles. The van der Waals surface area contributed by atoms with Crippen molar-refractivity contribution in [3.8, 4) is 17.4 Å². The molecular weight excluding hydrogens is 400 g/mol. The molecule has 2 amide bonds. The number of nitriles is 1. The highest BCUT2D eigenvalue weighted by Gasteiger charge is 2.36. The third-order valence-corrected chi connectivity index (χ3v) is 5.15. The number of hydrogen-bond donors (Lipinski definition) is 1. The van der Waals surface area contributed by atoms with Gasteiger partial charge in [0.1, 0.15) is 29.8 Å². The van der Waals surface area contributed by atoms with Crippen molar-refractivity contribution in [2.24, 2.45) is 0 Å². The van der Waals surface area contributed by atoms with E-state index in [1.807, 2.05) is 12.1 Å². The van der Waals surface area contributed by atoms with E-state index in [0.717, 1.165) is 16.0 Å². The van der Waals surface area contributed by atoms with E-state index in [0.29, 0.717) is 17.1 Å². The molecular formula is C23H18N2O6. The van der Waals surface area contributed by atoms with Gasteiger partial charge < -0.3 is 14.3 Å². The summed E-state index contributed by atoms with van der Waals surface area (Å²) in [6, 6.07) is 10.5. The maximum atomic E-state index is 12.9. The van der Waals surface area contributed by atoms with Crippen molar-refractivity contribution in [2.75, 3.05) is 6.54 Å². The third kappa shape index (κ3) is 3.56. The van der Waals surface area contributed by atoms with Crippen LogP contribution in [-0.2, 0) is 20.9 Å². The van der Waals surface area contributed by atoms with Crippen LogP contribution in [0.3, 0.4) is 0 Å². The van der Waals surface area contributed by atoms with Crippen LogP contribution in [0, 0.1) is 11.3 Å². The maximum absolute atomic E-state index is 12.9. The van der Waals surface area contributed by atoms with Gasteiger partial charge in [-0.05, 0) is 49.8 Å². The van der Waals surface area contributed by atoms with Crippen molar-refractivity contribution in [1.82, 2.24) is 4.90 Å². The molecule has 8 nitrogen and oxygen atoms in total. The Labute approximate surface area is 177 Å². The van der Waals surface area contributed by atoms with E-state index in [1.54, 1.807) is 24.3 Å². The lowest BCUT2D eigenvalue weighted by molar-refractivity contribution is -0.141. The zero-order valence-electron chi connectivity index (χ0n) is 16.8. The number of esters is 1. The van der Waals surface area contributed by atoms with Crippen molar-refractivity contribution >= 4 is 23.9 Å². The number of fused-ring (bicyclic) bond motifs is 1. The highest BCUT2D eigenvalue weighted by molar-refractivity contribution is 6.19. The predicted molar refractivity (Wildman–Crippen MR) is 108 cm³/mol. The molecule has 0 fully saturated rings. The number of furan rings is 1. The largest absolute Gasteiger partial charge is 0.457 e. The van der Waals surface area contributed by atoms with Crippen molar-refractivity contribution in [1.29, 1.82) is 5.26 Å². The zero-order chi connectivity index (χ0) is 22.3. The minimum absolute atomic E-state index is 0.144. The van der Waals surface area contributed by atoms with Crippen LogP contribution < -0.4 is 0 Å². The lowest BCUT2D eigenvalue weighted by atomic mass is 9.94. The number of aliphatic hydroxyl groups is 1. The van der Waals surface area contributed by atoms with E-state index in [1.165, 1.54) is 19.9 Å². The van der Waals surface area contributed by atoms with Gasteiger partial charge in [0.05, 0.1) is 18.2 Å². The molecule has 1 aromatic carbocycles. The molecule has 4 rings (SSSR count). The Morgan fingerprint density at radius 2 is 2.00 bits per heavy atom. The van der Waals surface area contributed by atoms with E-state index in [-0.39, 0.29) is 35.8 Å². The molecule has 0 aliphatic carbocycles. The monoisotopic (exact) mass is 418 g/mol. The molecule has 0 saturated heterocycles. The highest BCUT2D eigenvalue weighted by Crippen LogP contribution is 2.31. The average molecular weight is 418 g/mol. The van der Waals surface area contributed by atoms with Crippen molar-refractivity contribution < 1.29 is 28.6 Å². The smallest absolute Gasteiger partial charge is 0.338 e. The molecule has 0 bridgehead atoms. The number of benzene rings is 1. The summed E-state index contributed by atoms with van der Waals surface area (Å²) in [6.07, 6.45) is 0.540. The Kier molecular flexibility index (Phi) is 5.05. The summed E-state index contributed by atoms with van der Waals surface area (Å²) < 4.78 is 10.9. The standard InChI is InChI=1S/C23H18N2O6/c1-12(26)10-25-21(27)18(13(2)19(9-24)22(25)28)8-16-4-6-20(31-16)14-3-5-17-15(7-14)11-30-23(17)29/h3-8,12,26H,10-11H2,1-2H3/b18-8+. The van der Waals surface area contributed by atoms with E-state index in [2.05, 4.69) is 0 Å². The Balaban J connectivity index is 1.70. The SMILES string of the molecule is CC1=C(C#N)C(=O)N(CC(C)O)C(=O)/C1=C/c1ccc(-c2ccc3c(c2)COC3=O)o1. The average Bonchev–Trinajstić information content (AvgIpc) is 3.35. The number of carbonyl (C=O) groups is 3. The molecule has 156 valence electrons. The topological polar surface area (TPSA) is 121 Å². The second-order valence-corrected chi connectivity index (χ2v) is 7.39. The van der Waals surface area contributed by atoms with Crippen LogP contribution in [0.15, 0.2) is 51.5 Å². The molecule has 2 aliphatic rings. The summed E-state index contributed by atoms with van der Waals surface area (Å²) >= 11 is 0. The fraction of sp³-hybridized carbons (Fsp3) is 0.217. The lowest BCUT2D eigenvalue weighted by Gasteiger charge is -2.28. The molecule has 1 aromatic heterocycles. The van der Waals surface area contributed by atoms with Crippen molar-refractivity contribution in [3.63, 3.8) is 0 Å². The Morgan fingerprint density at radius 1 is 1.23 bits per heavy atom. The number of hydrogen-bond acceptors (Lipinski definition) is 7. The second-order valence-electron chi connectivity index (χ2n) is 7.39. The summed E-state index contributed by atoms with van der Waals surface area (Å²) in [6.45, 7) is 2.98. The number of cyclic esters (lactones) is 1. The first-order chi connectivity index (χ1) is 14.8. The number of nitrogens with zero attached hydrogens (tertiary/aromatic N) is 2. The van der Waals surface area contributed by atoms with Crippen molar-refractivity contribution in [2.45, 2.75) is 26.6 Å². The first-order valence-corrected chi connectivity index (χ1v) is 9.57. The molecule has 0 radical (unpaired) electrons. The van der Waals surface area contributed by atoms with Gasteiger partial charge in [0, 0.05) is 16.7 Å². The van der Waals surface area contributed by atoms with Crippen LogP contribution in [0.25, 0.3) is 17.4 Å². The molecule has 2 aromatic rings. The fourth-order valence-corrected chi connectivity index (χ4v) is 3.57. The zero-order valence-corrected chi connectivity index (χ0v) is 16.8. The quantitative estimate of drug-likeness (QED) is 0.460. The van der Waals surface area contributed by atoms with Crippen LogP contribution in [0.2, 0.25) is 0 Å². The van der Waals surface area contributed by atoms with E-state index >= 15 is 0 Å². The third-order valence-electron chi connectivity index (χ3n) is 5.15. The summed E-state index contributed by atoms with van der Waals surface area (Å²) in [5.74, 6) is -0.800. The number of amides is 2. The molecule has 3 heterocycles. The van der Waals surface area contributed by atoms with E-state index in [9.17, 15) is 24.8 Å². The van der Waals surface area contributed by atoms with E-state index < -0.39 is 17.9 Å². The second kappa shape index (κ2) is 7.70. The Bertz CT molecular complexity index is 1220. The van der Waals surface area contributed by atoms with E-state index in [4.69, 9.17) is 9.15 Å².